The van der Waals surface area contributed by atoms with Crippen LogP contribution in [0.15, 0.2) is 6.07 Å². The van der Waals surface area contributed by atoms with Gasteiger partial charge in [0.15, 0.2) is 0 Å². The first kappa shape index (κ1) is 17.0. The average molecular weight is 372 g/mol. The number of halogens is 1. The molecule has 0 aliphatic heterocycles. The van der Waals surface area contributed by atoms with Crippen LogP contribution in [0.2, 0.25) is 0 Å². The molecule has 1 aliphatic rings. The molecule has 1 amide bonds. The quantitative estimate of drug-likeness (QED) is 0.588. The molecule has 2 rings (SSSR count). The summed E-state index contributed by atoms with van der Waals surface area (Å²) in [6.45, 7) is 6.55. The summed E-state index contributed by atoms with van der Waals surface area (Å²) in [6.07, 6.45) is 7.10. The van der Waals surface area contributed by atoms with E-state index in [1.54, 1.807) is 11.3 Å². The number of amides is 1. The highest BCUT2D eigenvalue weighted by molar-refractivity contribution is 9.09. The van der Waals surface area contributed by atoms with E-state index in [9.17, 15) is 4.79 Å². The summed E-state index contributed by atoms with van der Waals surface area (Å²) >= 11 is 5.20. The molecule has 0 bridgehead atoms. The molecule has 0 fully saturated rings. The van der Waals surface area contributed by atoms with Crippen LogP contribution in [0.5, 0.6) is 0 Å². The highest BCUT2D eigenvalue weighted by Gasteiger charge is 2.27. The van der Waals surface area contributed by atoms with Gasteiger partial charge in [0.25, 0.3) is 5.91 Å². The lowest BCUT2D eigenvalue weighted by molar-refractivity contribution is 0.0905. The Balaban J connectivity index is 2.09. The van der Waals surface area contributed by atoms with Gasteiger partial charge >= 0.3 is 0 Å². The number of nitrogens with one attached hydrogen (secondary N) is 1. The molecule has 1 aliphatic carbocycles. The molecule has 1 unspecified atom stereocenters. The zero-order chi connectivity index (χ0) is 15.5. The molecule has 118 valence electrons. The maximum atomic E-state index is 12.6. The minimum absolute atomic E-state index is 0.0811. The highest BCUT2D eigenvalue weighted by atomic mass is 79.9. The molecule has 2 nitrogen and oxygen atoms in total. The molecule has 1 aromatic rings. The van der Waals surface area contributed by atoms with Crippen LogP contribution in [-0.2, 0) is 12.8 Å². The fourth-order valence-corrected chi connectivity index (χ4v) is 4.45. The largest absolute Gasteiger partial charge is 0.348 e. The van der Waals surface area contributed by atoms with Crippen LogP contribution in [0.25, 0.3) is 0 Å². The van der Waals surface area contributed by atoms with E-state index < -0.39 is 0 Å². The summed E-state index contributed by atoms with van der Waals surface area (Å²) in [5.41, 5.74) is 1.49. The van der Waals surface area contributed by atoms with Crippen molar-refractivity contribution in [1.29, 1.82) is 0 Å². The van der Waals surface area contributed by atoms with E-state index in [1.807, 2.05) is 0 Å². The lowest BCUT2D eigenvalue weighted by Crippen LogP contribution is -2.43. The molecule has 1 aromatic heterocycles. The van der Waals surface area contributed by atoms with E-state index in [-0.39, 0.29) is 17.4 Å². The molecule has 1 N–H and O–H groups in total. The molecule has 1 heterocycles. The second-order valence-electron chi connectivity index (χ2n) is 6.99. The van der Waals surface area contributed by atoms with Crippen molar-refractivity contribution in [1.82, 2.24) is 5.32 Å². The smallest absolute Gasteiger partial charge is 0.261 e. The van der Waals surface area contributed by atoms with Crippen molar-refractivity contribution < 1.29 is 4.79 Å². The summed E-state index contributed by atoms with van der Waals surface area (Å²) < 4.78 is 0. The monoisotopic (exact) mass is 371 g/mol. The fourth-order valence-electron chi connectivity index (χ4n) is 2.84. The van der Waals surface area contributed by atoms with Crippen LogP contribution in [0.4, 0.5) is 0 Å². The summed E-state index contributed by atoms with van der Waals surface area (Å²) in [5, 5.41) is 4.15. The Hall–Kier alpha value is -0.350. The summed E-state index contributed by atoms with van der Waals surface area (Å²) in [6, 6.07) is 2.33. The zero-order valence-corrected chi connectivity index (χ0v) is 15.7. The van der Waals surface area contributed by atoms with Gasteiger partial charge in [-0.05, 0) is 49.1 Å². The molecule has 21 heavy (non-hydrogen) atoms. The fraction of sp³-hybridized carbons (Fsp3) is 0.706. The first-order valence-corrected chi connectivity index (χ1v) is 9.84. The number of alkyl halides is 1. The predicted molar refractivity (Wildman–Crippen MR) is 94.7 cm³/mol. The average Bonchev–Trinajstić information content (AvgIpc) is 2.69. The molecular formula is C17H26BrNOS. The highest BCUT2D eigenvalue weighted by Crippen LogP contribution is 2.30. The molecule has 4 heteroatoms. The van der Waals surface area contributed by atoms with E-state index in [1.165, 1.54) is 29.7 Å². The lowest BCUT2D eigenvalue weighted by Gasteiger charge is -2.31. The first-order valence-electron chi connectivity index (χ1n) is 7.90. The molecule has 0 saturated heterocycles. The number of carbonyl (C=O) groups excluding carboxylic acids is 1. The van der Waals surface area contributed by atoms with Crippen molar-refractivity contribution in [2.24, 2.45) is 5.41 Å². The van der Waals surface area contributed by atoms with Crippen LogP contribution < -0.4 is 5.32 Å². The molecule has 1 atom stereocenters. The maximum absolute atomic E-state index is 12.6. The van der Waals surface area contributed by atoms with Crippen molar-refractivity contribution in [3.63, 3.8) is 0 Å². The zero-order valence-electron chi connectivity index (χ0n) is 13.3. The predicted octanol–water partition coefficient (Wildman–Crippen LogP) is 4.95. The SMILES string of the molecule is CC(C)(C)C(CCBr)NC(=O)c1cc2c(s1)CCCCC2. The first-order chi connectivity index (χ1) is 9.91. The van der Waals surface area contributed by atoms with E-state index in [0.29, 0.717) is 0 Å². The number of aryl methyl sites for hydroxylation is 2. The third-order valence-corrected chi connectivity index (χ3v) is 5.91. The van der Waals surface area contributed by atoms with Gasteiger partial charge in [0.2, 0.25) is 0 Å². The molecule has 0 radical (unpaired) electrons. The number of rotatable bonds is 4. The molecule has 0 saturated carbocycles. The Kier molecular flexibility index (Phi) is 5.89. The number of hydrogen-bond donors (Lipinski definition) is 1. The minimum atomic E-state index is 0.0811. The van der Waals surface area contributed by atoms with Gasteiger partial charge in [-0.1, -0.05) is 43.1 Å². The molecule has 0 aromatic carbocycles. The van der Waals surface area contributed by atoms with Gasteiger partial charge in [0.05, 0.1) is 4.88 Å². The van der Waals surface area contributed by atoms with Gasteiger partial charge in [-0.25, -0.2) is 0 Å². The van der Waals surface area contributed by atoms with Crippen molar-refractivity contribution >= 4 is 33.2 Å². The van der Waals surface area contributed by atoms with E-state index in [4.69, 9.17) is 0 Å². The second kappa shape index (κ2) is 7.28. The Morgan fingerprint density at radius 3 is 2.71 bits per heavy atom. The van der Waals surface area contributed by atoms with Crippen molar-refractivity contribution in [2.45, 2.75) is 65.3 Å². The van der Waals surface area contributed by atoms with Gasteiger partial charge < -0.3 is 5.32 Å². The Morgan fingerprint density at radius 2 is 2.05 bits per heavy atom. The maximum Gasteiger partial charge on any atom is 0.261 e. The van der Waals surface area contributed by atoms with Crippen LogP contribution in [0.3, 0.4) is 0 Å². The van der Waals surface area contributed by atoms with Crippen LogP contribution in [0.1, 0.15) is 66.6 Å². The minimum Gasteiger partial charge on any atom is -0.348 e. The third kappa shape index (κ3) is 4.56. The summed E-state index contributed by atoms with van der Waals surface area (Å²) in [4.78, 5) is 14.9. The molecule has 0 spiro atoms. The van der Waals surface area contributed by atoms with E-state index in [0.717, 1.165) is 29.5 Å². The Morgan fingerprint density at radius 1 is 1.33 bits per heavy atom. The van der Waals surface area contributed by atoms with E-state index in [2.05, 4.69) is 48.1 Å². The number of thiophene rings is 1. The number of fused-ring (bicyclic) bond motifs is 1. The second-order valence-corrected chi connectivity index (χ2v) is 8.92. The van der Waals surface area contributed by atoms with Crippen LogP contribution in [-0.4, -0.2) is 17.3 Å². The van der Waals surface area contributed by atoms with Crippen LogP contribution >= 0.6 is 27.3 Å². The number of carbonyl (C=O) groups is 1. The van der Waals surface area contributed by atoms with Crippen molar-refractivity contribution in [2.75, 3.05) is 5.33 Å². The standard InChI is InChI=1S/C17H26BrNOS/c1-17(2,3)15(9-10-18)19-16(20)14-11-12-7-5-4-6-8-13(12)21-14/h11,15H,4-10H2,1-3H3,(H,19,20). The molecular weight excluding hydrogens is 346 g/mol. The van der Waals surface area contributed by atoms with Gasteiger partial charge in [-0.2, -0.15) is 0 Å². The normalized spacial score (nSPS) is 17.0. The number of hydrogen-bond acceptors (Lipinski definition) is 2. The van der Waals surface area contributed by atoms with Gasteiger partial charge in [-0.3, -0.25) is 4.79 Å². The Labute approximate surface area is 140 Å². The Bertz CT molecular complexity index is 466. The topological polar surface area (TPSA) is 29.1 Å². The summed E-state index contributed by atoms with van der Waals surface area (Å²) in [7, 11) is 0. The van der Waals surface area contributed by atoms with Crippen molar-refractivity contribution in [3.8, 4) is 0 Å². The van der Waals surface area contributed by atoms with Crippen molar-refractivity contribution in [3.05, 3.63) is 21.4 Å². The third-order valence-electron chi connectivity index (χ3n) is 4.22. The van der Waals surface area contributed by atoms with Crippen LogP contribution in [0, 0.1) is 5.41 Å². The van der Waals surface area contributed by atoms with Gasteiger partial charge in [0, 0.05) is 16.2 Å². The van der Waals surface area contributed by atoms with E-state index >= 15 is 0 Å². The van der Waals surface area contributed by atoms with Gasteiger partial charge in [-0.15, -0.1) is 11.3 Å². The lowest BCUT2D eigenvalue weighted by atomic mass is 9.85. The van der Waals surface area contributed by atoms with Gasteiger partial charge in [0.1, 0.15) is 0 Å². The summed E-state index contributed by atoms with van der Waals surface area (Å²) in [5.74, 6) is 0.106.